The molecule has 0 unspecified atom stereocenters. The number of aliphatic hydroxyl groups excluding tert-OH is 1. The van der Waals surface area contributed by atoms with Crippen molar-refractivity contribution in [2.75, 3.05) is 19.7 Å². The van der Waals surface area contributed by atoms with Gasteiger partial charge in [-0.25, -0.2) is 4.98 Å². The van der Waals surface area contributed by atoms with Crippen molar-refractivity contribution < 1.29 is 9.84 Å². The van der Waals surface area contributed by atoms with Crippen LogP contribution in [0.4, 0.5) is 0 Å². The monoisotopic (exact) mass is 423 g/mol. The Morgan fingerprint density at radius 3 is 2.75 bits per heavy atom. The van der Waals surface area contributed by atoms with E-state index in [1.165, 1.54) is 28.4 Å². The van der Waals surface area contributed by atoms with Crippen molar-refractivity contribution in [2.24, 2.45) is 0 Å². The van der Waals surface area contributed by atoms with E-state index >= 15 is 0 Å². The van der Waals surface area contributed by atoms with Crippen LogP contribution in [-0.2, 0) is 42.9 Å². The number of nitrogens with zero attached hydrogens (tertiary/aromatic N) is 3. The van der Waals surface area contributed by atoms with E-state index in [4.69, 9.17) is 21.3 Å². The number of rotatable bonds is 3. The number of aryl methyl sites for hydroxylation is 2. The van der Waals surface area contributed by atoms with Gasteiger partial charge in [0.25, 0.3) is 0 Å². The van der Waals surface area contributed by atoms with E-state index in [1.807, 2.05) is 13.8 Å². The number of piperidine rings is 1. The van der Waals surface area contributed by atoms with Crippen LogP contribution >= 0.6 is 22.9 Å². The highest BCUT2D eigenvalue weighted by Gasteiger charge is 2.43. The van der Waals surface area contributed by atoms with Crippen LogP contribution < -0.4 is 0 Å². The average molecular weight is 424 g/mol. The summed E-state index contributed by atoms with van der Waals surface area (Å²) in [5, 5.41) is 9.67. The second-order valence-electron chi connectivity index (χ2n) is 7.63. The molecule has 1 fully saturated rings. The molecule has 0 aromatic carbocycles. The number of aliphatic hydroxyl groups is 1. The predicted molar refractivity (Wildman–Crippen MR) is 113 cm³/mol. The molecule has 7 heteroatoms. The topological polar surface area (TPSA) is 50.5 Å². The molecule has 154 valence electrons. The van der Waals surface area contributed by atoms with Crippen molar-refractivity contribution in [1.29, 1.82) is 0 Å². The van der Waals surface area contributed by atoms with Gasteiger partial charge in [-0.3, -0.25) is 4.90 Å². The van der Waals surface area contributed by atoms with Gasteiger partial charge in [-0.15, -0.1) is 11.3 Å². The van der Waals surface area contributed by atoms with Gasteiger partial charge in [0.2, 0.25) is 0 Å². The lowest BCUT2D eigenvalue weighted by atomic mass is 9.84. The Bertz CT molecular complexity index is 802. The Balaban J connectivity index is 0.000000932. The Morgan fingerprint density at radius 1 is 1.25 bits per heavy atom. The molecule has 0 atom stereocenters. The highest BCUT2D eigenvalue weighted by Crippen LogP contribution is 2.48. The number of halogens is 1. The molecule has 5 rings (SSSR count). The van der Waals surface area contributed by atoms with Crippen LogP contribution in [0.25, 0.3) is 0 Å². The first-order valence-electron chi connectivity index (χ1n) is 10.5. The van der Waals surface area contributed by atoms with E-state index in [9.17, 15) is 5.11 Å². The van der Waals surface area contributed by atoms with Crippen molar-refractivity contribution >= 4 is 22.9 Å². The molecular weight excluding hydrogens is 394 g/mol. The fourth-order valence-electron chi connectivity index (χ4n) is 4.74. The van der Waals surface area contributed by atoms with Crippen LogP contribution in [-0.4, -0.2) is 39.3 Å². The molecule has 1 spiro atoms. The predicted octanol–water partition coefficient (Wildman–Crippen LogP) is 4.13. The highest BCUT2D eigenvalue weighted by atomic mass is 35.5. The number of likely N-dealkylation sites (tertiary alicyclic amines) is 1. The summed E-state index contributed by atoms with van der Waals surface area (Å²) < 4.78 is 9.36. The number of hydrogen-bond donors (Lipinski definition) is 1. The number of aromatic nitrogens is 2. The minimum absolute atomic E-state index is 0.0257. The zero-order valence-electron chi connectivity index (χ0n) is 16.8. The quantitative estimate of drug-likeness (QED) is 0.806. The Hall–Kier alpha value is -0.920. The van der Waals surface area contributed by atoms with Gasteiger partial charge in [0.15, 0.2) is 0 Å². The SMILES string of the molecule is CC.OCc1c(Cl)sc2c1CCOC21CCN(Cc2cn3c(n2)CCC3)CC1. The third-order valence-corrected chi connectivity index (χ3v) is 7.84. The van der Waals surface area contributed by atoms with E-state index in [0.717, 1.165) is 68.4 Å². The van der Waals surface area contributed by atoms with Gasteiger partial charge in [-0.2, -0.15) is 0 Å². The maximum Gasteiger partial charge on any atom is 0.109 e. The standard InChI is InChI=1S/C19H24ClN3O2S.C2H6/c20-18-15(12-24)14-3-9-25-19(17(14)26-18)4-7-22(8-5-19)10-13-11-23-6-1-2-16(23)21-13;1-2/h11,24H,1-10,12H2;1-2H3. The molecule has 0 saturated carbocycles. The average Bonchev–Trinajstić information content (AvgIpc) is 3.39. The van der Waals surface area contributed by atoms with Crippen LogP contribution in [0.2, 0.25) is 4.34 Å². The maximum atomic E-state index is 9.67. The largest absolute Gasteiger partial charge is 0.392 e. The van der Waals surface area contributed by atoms with Crippen molar-refractivity contribution in [1.82, 2.24) is 14.5 Å². The molecule has 1 saturated heterocycles. The second-order valence-corrected chi connectivity index (χ2v) is 9.26. The smallest absolute Gasteiger partial charge is 0.109 e. The number of hydrogen-bond acceptors (Lipinski definition) is 5. The Kier molecular flexibility index (Phi) is 6.14. The lowest BCUT2D eigenvalue weighted by Gasteiger charge is -2.43. The fraction of sp³-hybridized carbons (Fsp3) is 0.667. The molecule has 3 aliphatic heterocycles. The summed E-state index contributed by atoms with van der Waals surface area (Å²) in [6.07, 6.45) is 7.40. The molecular formula is C21H30ClN3O2S. The summed E-state index contributed by atoms with van der Waals surface area (Å²) in [5.74, 6) is 1.25. The van der Waals surface area contributed by atoms with Crippen LogP contribution in [0.15, 0.2) is 6.20 Å². The van der Waals surface area contributed by atoms with E-state index in [0.29, 0.717) is 0 Å². The van der Waals surface area contributed by atoms with Crippen LogP contribution in [0.5, 0.6) is 0 Å². The highest BCUT2D eigenvalue weighted by molar-refractivity contribution is 7.16. The summed E-state index contributed by atoms with van der Waals surface area (Å²) >= 11 is 8.01. The lowest BCUT2D eigenvalue weighted by molar-refractivity contribution is -0.0963. The van der Waals surface area contributed by atoms with E-state index in [-0.39, 0.29) is 12.2 Å². The van der Waals surface area contributed by atoms with Gasteiger partial charge in [0, 0.05) is 49.2 Å². The van der Waals surface area contributed by atoms with Crippen molar-refractivity contribution in [3.63, 3.8) is 0 Å². The Labute approximate surface area is 176 Å². The summed E-state index contributed by atoms with van der Waals surface area (Å²) in [4.78, 5) is 8.55. The van der Waals surface area contributed by atoms with Gasteiger partial charge < -0.3 is 14.4 Å². The van der Waals surface area contributed by atoms with Crippen molar-refractivity contribution in [2.45, 2.75) is 71.2 Å². The van der Waals surface area contributed by atoms with Crippen molar-refractivity contribution in [3.8, 4) is 0 Å². The molecule has 0 aliphatic carbocycles. The molecule has 3 aliphatic rings. The van der Waals surface area contributed by atoms with E-state index in [1.54, 1.807) is 11.3 Å². The van der Waals surface area contributed by atoms with E-state index in [2.05, 4.69) is 15.7 Å². The van der Waals surface area contributed by atoms with Gasteiger partial charge in [0.05, 0.1) is 23.2 Å². The fourth-order valence-corrected chi connectivity index (χ4v) is 6.43. The van der Waals surface area contributed by atoms with E-state index < -0.39 is 0 Å². The number of thiophene rings is 1. The Morgan fingerprint density at radius 2 is 2.04 bits per heavy atom. The molecule has 0 amide bonds. The maximum absolute atomic E-state index is 9.67. The summed E-state index contributed by atoms with van der Waals surface area (Å²) in [6, 6.07) is 0. The number of ether oxygens (including phenoxy) is 1. The summed E-state index contributed by atoms with van der Waals surface area (Å²) in [5.41, 5.74) is 3.15. The molecule has 0 radical (unpaired) electrons. The minimum atomic E-state index is -0.207. The molecule has 0 bridgehead atoms. The molecule has 2 aromatic rings. The zero-order chi connectivity index (χ0) is 19.7. The number of imidazole rings is 1. The molecule has 28 heavy (non-hydrogen) atoms. The molecule has 5 heterocycles. The van der Waals surface area contributed by atoms with Gasteiger partial charge in [-0.1, -0.05) is 25.4 Å². The third-order valence-electron chi connectivity index (χ3n) is 6.13. The normalized spacial score (nSPS) is 20.6. The van der Waals surface area contributed by atoms with Crippen LogP contribution in [0.3, 0.4) is 0 Å². The third kappa shape index (κ3) is 3.54. The molecule has 2 aromatic heterocycles. The zero-order valence-corrected chi connectivity index (χ0v) is 18.4. The van der Waals surface area contributed by atoms with Crippen LogP contribution in [0, 0.1) is 0 Å². The first kappa shape index (κ1) is 20.4. The first-order valence-corrected chi connectivity index (χ1v) is 11.7. The summed E-state index contributed by atoms with van der Waals surface area (Å²) in [6.45, 7) is 8.81. The lowest BCUT2D eigenvalue weighted by Crippen LogP contribution is -2.45. The first-order chi connectivity index (χ1) is 13.7. The van der Waals surface area contributed by atoms with Crippen LogP contribution in [0.1, 0.15) is 60.6 Å². The van der Waals surface area contributed by atoms with Gasteiger partial charge in [-0.05, 0) is 31.2 Å². The van der Waals surface area contributed by atoms with Gasteiger partial charge >= 0.3 is 0 Å². The van der Waals surface area contributed by atoms with Crippen molar-refractivity contribution in [3.05, 3.63) is 38.1 Å². The summed E-state index contributed by atoms with van der Waals surface area (Å²) in [7, 11) is 0. The molecule has 1 N–H and O–H groups in total. The number of fused-ring (bicyclic) bond motifs is 3. The molecule has 5 nitrogen and oxygen atoms in total. The second kappa shape index (κ2) is 8.44. The minimum Gasteiger partial charge on any atom is -0.392 e. The van der Waals surface area contributed by atoms with Gasteiger partial charge in [0.1, 0.15) is 11.4 Å².